The maximum atomic E-state index is 12.0. The first kappa shape index (κ1) is 17.7. The molecule has 1 amide bonds. The number of carbonyl (C=O) groups excluding carboxylic acids is 1. The number of thioether (sulfide) groups is 1. The number of hydrogen-bond donors (Lipinski definition) is 0. The molecule has 1 aromatic rings. The molecule has 1 aromatic carbocycles. The Kier molecular flexibility index (Phi) is 4.60. The van der Waals surface area contributed by atoms with Crippen LogP contribution in [0.2, 0.25) is 0 Å². The molecule has 3 aliphatic rings. The van der Waals surface area contributed by atoms with E-state index in [9.17, 15) is 13.2 Å². The molecule has 0 N–H and O–H groups in total. The van der Waals surface area contributed by atoms with Crippen LogP contribution in [-0.2, 0) is 21.2 Å². The quantitative estimate of drug-likeness (QED) is 0.767. The molecule has 140 valence electrons. The predicted molar refractivity (Wildman–Crippen MR) is 99.3 cm³/mol. The molecule has 26 heavy (non-hydrogen) atoms. The lowest BCUT2D eigenvalue weighted by atomic mass is 10.1. The molecule has 0 spiro atoms. The van der Waals surface area contributed by atoms with Crippen molar-refractivity contribution in [3.8, 4) is 11.5 Å². The summed E-state index contributed by atoms with van der Waals surface area (Å²) < 4.78 is 34.8. The molecule has 0 unspecified atom stereocenters. The summed E-state index contributed by atoms with van der Waals surface area (Å²) in [4.78, 5) is 18.2. The average molecular weight is 396 g/mol. The van der Waals surface area contributed by atoms with Crippen LogP contribution in [0.3, 0.4) is 0 Å². The molecule has 0 radical (unpaired) electrons. The van der Waals surface area contributed by atoms with Crippen molar-refractivity contribution in [3.63, 3.8) is 0 Å². The van der Waals surface area contributed by atoms with Gasteiger partial charge in [-0.1, -0.05) is 24.8 Å². The van der Waals surface area contributed by atoms with Gasteiger partial charge in [0.1, 0.15) is 0 Å². The summed E-state index contributed by atoms with van der Waals surface area (Å²) in [5.41, 5.74) is 0.968. The van der Waals surface area contributed by atoms with Crippen molar-refractivity contribution >= 4 is 32.7 Å². The van der Waals surface area contributed by atoms with Gasteiger partial charge in [0.05, 0.1) is 17.5 Å². The number of rotatable bonds is 4. The van der Waals surface area contributed by atoms with E-state index in [-0.39, 0.29) is 35.5 Å². The van der Waals surface area contributed by atoms with Gasteiger partial charge in [-0.15, -0.1) is 0 Å². The topological polar surface area (TPSA) is 85.3 Å². The maximum Gasteiger partial charge on any atom is 0.248 e. The van der Waals surface area contributed by atoms with Crippen molar-refractivity contribution in [3.05, 3.63) is 23.8 Å². The second kappa shape index (κ2) is 6.77. The van der Waals surface area contributed by atoms with Gasteiger partial charge < -0.3 is 14.4 Å². The van der Waals surface area contributed by atoms with Gasteiger partial charge in [0, 0.05) is 18.2 Å². The highest BCUT2D eigenvalue weighted by atomic mass is 32.2. The zero-order valence-corrected chi connectivity index (χ0v) is 16.0. The van der Waals surface area contributed by atoms with Crippen LogP contribution in [0.5, 0.6) is 11.5 Å². The minimum atomic E-state index is -3.05. The number of hydrogen-bond acceptors (Lipinski definition) is 6. The van der Waals surface area contributed by atoms with Crippen molar-refractivity contribution in [2.45, 2.75) is 37.6 Å². The Labute approximate surface area is 156 Å². The van der Waals surface area contributed by atoms with Crippen molar-refractivity contribution in [1.82, 2.24) is 4.90 Å². The smallest absolute Gasteiger partial charge is 0.248 e. The lowest BCUT2D eigenvalue weighted by Crippen LogP contribution is -2.37. The first-order chi connectivity index (χ1) is 12.4. The number of benzene rings is 1. The number of sulfone groups is 1. The summed E-state index contributed by atoms with van der Waals surface area (Å²) in [6.07, 6.45) is 1.14. The summed E-state index contributed by atoms with van der Waals surface area (Å²) in [6.45, 7) is 2.63. The summed E-state index contributed by atoms with van der Waals surface area (Å²) in [5.74, 6) is 1.48. The molecule has 2 saturated heterocycles. The Bertz CT molecular complexity index is 868. The van der Waals surface area contributed by atoms with Gasteiger partial charge in [0.25, 0.3) is 0 Å². The first-order valence-corrected chi connectivity index (χ1v) is 11.3. The molecule has 0 aliphatic carbocycles. The van der Waals surface area contributed by atoms with Crippen LogP contribution >= 0.6 is 11.8 Å². The van der Waals surface area contributed by atoms with Crippen LogP contribution in [0.15, 0.2) is 23.2 Å². The Morgan fingerprint density at radius 3 is 2.92 bits per heavy atom. The van der Waals surface area contributed by atoms with E-state index in [0.29, 0.717) is 29.6 Å². The van der Waals surface area contributed by atoms with Crippen LogP contribution in [-0.4, -0.2) is 54.0 Å². The normalized spacial score (nSPS) is 27.1. The predicted octanol–water partition coefficient (Wildman–Crippen LogP) is 1.81. The minimum absolute atomic E-state index is 0.0674. The van der Waals surface area contributed by atoms with Gasteiger partial charge in [-0.25, -0.2) is 8.42 Å². The molecule has 0 bridgehead atoms. The third kappa shape index (κ3) is 3.42. The van der Waals surface area contributed by atoms with Gasteiger partial charge in [-0.2, -0.15) is 4.99 Å². The van der Waals surface area contributed by atoms with Crippen LogP contribution in [0.25, 0.3) is 0 Å². The molecule has 9 heteroatoms. The minimum Gasteiger partial charge on any atom is -0.454 e. The van der Waals surface area contributed by atoms with Gasteiger partial charge in [-0.05, 0) is 24.1 Å². The average Bonchev–Trinajstić information content (AvgIpc) is 3.22. The summed E-state index contributed by atoms with van der Waals surface area (Å²) in [5, 5.41) is 0.563. The number of ether oxygens (including phenoxy) is 2. The number of amidine groups is 1. The van der Waals surface area contributed by atoms with E-state index in [0.717, 1.165) is 12.0 Å². The Hall–Kier alpha value is -1.74. The number of amides is 1. The molecular formula is C17H20N2O5S2. The Balaban J connectivity index is 1.61. The third-order valence-electron chi connectivity index (χ3n) is 4.65. The van der Waals surface area contributed by atoms with Crippen molar-refractivity contribution in [1.29, 1.82) is 0 Å². The highest BCUT2D eigenvalue weighted by molar-refractivity contribution is 8.15. The standard InChI is InChI=1S/C17H20N2O5S2/c1-2-3-16(20)18-17-19(12-8-26(21,22)9-15(12)25-17)7-11-4-5-13-14(6-11)24-10-23-13/h4-6,12,15H,2-3,7-10H2,1H3/t12-,15+/m0/s1. The van der Waals surface area contributed by atoms with E-state index in [1.807, 2.05) is 30.0 Å². The maximum absolute atomic E-state index is 12.0. The molecule has 0 aromatic heterocycles. The highest BCUT2D eigenvalue weighted by Gasteiger charge is 2.48. The first-order valence-electron chi connectivity index (χ1n) is 8.59. The molecule has 0 saturated carbocycles. The SMILES string of the molecule is CCCC(=O)N=C1S[C@@H]2CS(=O)(=O)C[C@@H]2N1Cc1ccc2c(c1)OCO2. The molecule has 7 nitrogen and oxygen atoms in total. The monoisotopic (exact) mass is 396 g/mol. The number of fused-ring (bicyclic) bond motifs is 2. The summed E-state index contributed by atoms with van der Waals surface area (Å²) in [7, 11) is -3.05. The van der Waals surface area contributed by atoms with E-state index in [1.54, 1.807) is 0 Å². The van der Waals surface area contributed by atoms with Gasteiger partial charge in [0.15, 0.2) is 26.5 Å². The Morgan fingerprint density at radius 2 is 2.12 bits per heavy atom. The fourth-order valence-corrected chi connectivity index (χ4v) is 7.40. The summed E-state index contributed by atoms with van der Waals surface area (Å²) >= 11 is 1.41. The van der Waals surface area contributed by atoms with E-state index < -0.39 is 9.84 Å². The molecule has 2 fully saturated rings. The van der Waals surface area contributed by atoms with Crippen LogP contribution in [0, 0.1) is 0 Å². The third-order valence-corrected chi connectivity index (χ3v) is 7.90. The molecule has 4 rings (SSSR count). The number of nitrogens with zero attached hydrogens (tertiary/aromatic N) is 2. The fourth-order valence-electron chi connectivity index (χ4n) is 3.43. The number of carbonyl (C=O) groups is 1. The number of aliphatic imine (C=N–C) groups is 1. The van der Waals surface area contributed by atoms with Crippen molar-refractivity contribution < 1.29 is 22.7 Å². The van der Waals surface area contributed by atoms with Crippen LogP contribution in [0.4, 0.5) is 0 Å². The lowest BCUT2D eigenvalue weighted by Gasteiger charge is -2.24. The van der Waals surface area contributed by atoms with E-state index >= 15 is 0 Å². The fraction of sp³-hybridized carbons (Fsp3) is 0.529. The largest absolute Gasteiger partial charge is 0.454 e. The second-order valence-electron chi connectivity index (χ2n) is 6.65. The molecule has 3 aliphatic heterocycles. The van der Waals surface area contributed by atoms with Gasteiger partial charge in [-0.3, -0.25) is 4.79 Å². The highest BCUT2D eigenvalue weighted by Crippen LogP contribution is 2.40. The van der Waals surface area contributed by atoms with Crippen LogP contribution < -0.4 is 9.47 Å². The molecular weight excluding hydrogens is 376 g/mol. The van der Waals surface area contributed by atoms with Crippen LogP contribution in [0.1, 0.15) is 25.3 Å². The molecule has 2 atom stereocenters. The zero-order chi connectivity index (χ0) is 18.3. The molecule has 3 heterocycles. The Morgan fingerprint density at radius 1 is 1.31 bits per heavy atom. The van der Waals surface area contributed by atoms with E-state index in [1.165, 1.54) is 11.8 Å². The van der Waals surface area contributed by atoms with E-state index in [2.05, 4.69) is 4.99 Å². The van der Waals surface area contributed by atoms with Gasteiger partial charge >= 0.3 is 0 Å². The second-order valence-corrected chi connectivity index (χ2v) is 10.0. The van der Waals surface area contributed by atoms with Crippen molar-refractivity contribution in [2.75, 3.05) is 18.3 Å². The van der Waals surface area contributed by atoms with E-state index in [4.69, 9.17) is 9.47 Å². The van der Waals surface area contributed by atoms with Crippen molar-refractivity contribution in [2.24, 2.45) is 4.99 Å². The zero-order valence-electron chi connectivity index (χ0n) is 14.4. The lowest BCUT2D eigenvalue weighted by molar-refractivity contribution is -0.117. The summed E-state index contributed by atoms with van der Waals surface area (Å²) in [6, 6.07) is 5.53. The van der Waals surface area contributed by atoms with Gasteiger partial charge in [0.2, 0.25) is 12.7 Å².